The van der Waals surface area contributed by atoms with Crippen molar-refractivity contribution < 1.29 is 26.7 Å². The van der Waals surface area contributed by atoms with Crippen LogP contribution < -0.4 is 0 Å². The summed E-state index contributed by atoms with van der Waals surface area (Å²) in [6.07, 6.45) is -3.79. The molecule has 0 fully saturated rings. The summed E-state index contributed by atoms with van der Waals surface area (Å²) in [7, 11) is 0. The molecule has 0 aromatic heterocycles. The molecular formula is C9H5F5OS. The fourth-order valence-corrected chi connectivity index (χ4v) is 1.47. The van der Waals surface area contributed by atoms with Crippen molar-refractivity contribution >= 4 is 17.5 Å². The summed E-state index contributed by atoms with van der Waals surface area (Å²) in [6.45, 7) is 0. The molecule has 0 saturated carbocycles. The van der Waals surface area contributed by atoms with Gasteiger partial charge in [0.25, 0.3) is 5.78 Å². The van der Waals surface area contributed by atoms with Crippen molar-refractivity contribution in [3.8, 4) is 0 Å². The van der Waals surface area contributed by atoms with Crippen LogP contribution in [0.2, 0.25) is 0 Å². The van der Waals surface area contributed by atoms with Crippen LogP contribution in [0.25, 0.3) is 0 Å². The standard InChI is InChI=1S/C9H5F5OS/c1-16-4-2-5(10)7(6(11)3-4)8(15)9(12,13)14/h2-3H,1H3. The van der Waals surface area contributed by atoms with E-state index in [2.05, 4.69) is 0 Å². The number of ketones is 1. The van der Waals surface area contributed by atoms with Gasteiger partial charge in [-0.25, -0.2) is 8.78 Å². The van der Waals surface area contributed by atoms with Crippen molar-refractivity contribution in [1.82, 2.24) is 0 Å². The highest BCUT2D eigenvalue weighted by Gasteiger charge is 2.42. The highest BCUT2D eigenvalue weighted by Crippen LogP contribution is 2.27. The first-order valence-electron chi connectivity index (χ1n) is 3.92. The highest BCUT2D eigenvalue weighted by atomic mass is 32.2. The Balaban J connectivity index is 3.31. The molecule has 0 radical (unpaired) electrons. The Morgan fingerprint density at radius 3 is 1.94 bits per heavy atom. The second-order valence-electron chi connectivity index (χ2n) is 2.79. The second kappa shape index (κ2) is 4.40. The molecule has 0 amide bonds. The molecular weight excluding hydrogens is 251 g/mol. The van der Waals surface area contributed by atoms with Crippen molar-refractivity contribution in [1.29, 1.82) is 0 Å². The van der Waals surface area contributed by atoms with E-state index in [0.717, 1.165) is 11.8 Å². The predicted octanol–water partition coefficient (Wildman–Crippen LogP) is 3.43. The molecule has 0 aliphatic heterocycles. The maximum Gasteiger partial charge on any atom is 0.455 e. The zero-order valence-corrected chi connectivity index (χ0v) is 8.68. The van der Waals surface area contributed by atoms with Crippen molar-refractivity contribution in [2.24, 2.45) is 0 Å². The molecule has 16 heavy (non-hydrogen) atoms. The fraction of sp³-hybridized carbons (Fsp3) is 0.222. The lowest BCUT2D eigenvalue weighted by Gasteiger charge is -2.08. The topological polar surface area (TPSA) is 17.1 Å². The SMILES string of the molecule is CSc1cc(F)c(C(=O)C(F)(F)F)c(F)c1. The van der Waals surface area contributed by atoms with Gasteiger partial charge in [-0.2, -0.15) is 13.2 Å². The second-order valence-corrected chi connectivity index (χ2v) is 3.67. The number of hydrogen-bond donors (Lipinski definition) is 0. The first kappa shape index (κ1) is 13.0. The fourth-order valence-electron chi connectivity index (χ4n) is 1.03. The van der Waals surface area contributed by atoms with Crippen molar-refractivity contribution in [3.05, 3.63) is 29.3 Å². The maximum atomic E-state index is 13.1. The third-order valence-electron chi connectivity index (χ3n) is 1.74. The van der Waals surface area contributed by atoms with Crippen LogP contribution >= 0.6 is 11.8 Å². The number of rotatable bonds is 2. The Morgan fingerprint density at radius 1 is 1.19 bits per heavy atom. The maximum absolute atomic E-state index is 13.1. The Hall–Kier alpha value is -1.11. The van der Waals surface area contributed by atoms with E-state index in [9.17, 15) is 26.7 Å². The lowest BCUT2D eigenvalue weighted by Crippen LogP contribution is -2.25. The van der Waals surface area contributed by atoms with Crippen molar-refractivity contribution in [2.75, 3.05) is 6.26 Å². The third kappa shape index (κ3) is 2.52. The molecule has 0 spiro atoms. The van der Waals surface area contributed by atoms with Gasteiger partial charge in [0.05, 0.1) is 5.56 Å². The lowest BCUT2D eigenvalue weighted by molar-refractivity contribution is -0.0890. The molecule has 88 valence electrons. The van der Waals surface area contributed by atoms with E-state index in [1.165, 1.54) is 6.26 Å². The number of benzene rings is 1. The van der Waals surface area contributed by atoms with Gasteiger partial charge in [0.2, 0.25) is 0 Å². The number of thioether (sulfide) groups is 1. The minimum absolute atomic E-state index is 0.105. The molecule has 1 aromatic rings. The molecule has 0 N–H and O–H groups in total. The first-order chi connectivity index (χ1) is 7.27. The number of Topliss-reactive ketones (excluding diaryl/α,β-unsaturated/α-hetero) is 1. The van der Waals surface area contributed by atoms with Crippen LogP contribution in [0.5, 0.6) is 0 Å². The van der Waals surface area contributed by atoms with Crippen LogP contribution in [0.3, 0.4) is 0 Å². The van der Waals surface area contributed by atoms with Crippen molar-refractivity contribution in [2.45, 2.75) is 11.1 Å². The summed E-state index contributed by atoms with van der Waals surface area (Å²) >= 11 is 0.952. The van der Waals surface area contributed by atoms with Gasteiger partial charge < -0.3 is 0 Å². The number of carbonyl (C=O) groups excluding carboxylic acids is 1. The molecule has 0 aliphatic rings. The van der Waals surface area contributed by atoms with Gasteiger partial charge in [0.1, 0.15) is 11.6 Å². The van der Waals surface area contributed by atoms with E-state index in [0.29, 0.717) is 12.1 Å². The Morgan fingerprint density at radius 2 is 1.62 bits per heavy atom. The number of halogens is 5. The summed E-state index contributed by atoms with van der Waals surface area (Å²) in [6, 6.07) is 1.37. The summed E-state index contributed by atoms with van der Waals surface area (Å²) in [5, 5.41) is 0. The monoisotopic (exact) mass is 256 g/mol. The molecule has 0 heterocycles. The minimum atomic E-state index is -5.29. The Kier molecular flexibility index (Phi) is 3.57. The van der Waals surface area contributed by atoms with E-state index in [4.69, 9.17) is 0 Å². The van der Waals surface area contributed by atoms with E-state index in [-0.39, 0.29) is 4.90 Å². The summed E-state index contributed by atoms with van der Waals surface area (Å²) in [5.74, 6) is -5.53. The van der Waals surface area contributed by atoms with E-state index in [1.807, 2.05) is 0 Å². The average molecular weight is 256 g/mol. The van der Waals surface area contributed by atoms with Gasteiger partial charge in [0, 0.05) is 4.90 Å². The number of alkyl halides is 3. The van der Waals surface area contributed by atoms with E-state index >= 15 is 0 Å². The lowest BCUT2D eigenvalue weighted by atomic mass is 10.1. The third-order valence-corrected chi connectivity index (χ3v) is 2.44. The van der Waals surface area contributed by atoms with Crippen LogP contribution in [0.1, 0.15) is 10.4 Å². The van der Waals surface area contributed by atoms with Crippen LogP contribution in [-0.2, 0) is 0 Å². The first-order valence-corrected chi connectivity index (χ1v) is 5.14. The molecule has 0 aliphatic carbocycles. The zero-order chi connectivity index (χ0) is 12.5. The molecule has 0 unspecified atom stereocenters. The van der Waals surface area contributed by atoms with E-state index in [1.54, 1.807) is 0 Å². The summed E-state index contributed by atoms with van der Waals surface area (Å²) < 4.78 is 62.2. The van der Waals surface area contributed by atoms with Gasteiger partial charge in [-0.3, -0.25) is 4.79 Å². The van der Waals surface area contributed by atoms with Crippen LogP contribution in [-0.4, -0.2) is 18.2 Å². The molecule has 1 nitrogen and oxygen atoms in total. The normalized spacial score (nSPS) is 11.6. The molecule has 0 saturated heterocycles. The molecule has 0 bridgehead atoms. The van der Waals surface area contributed by atoms with E-state index < -0.39 is 29.2 Å². The Bertz CT molecular complexity index is 403. The highest BCUT2D eigenvalue weighted by molar-refractivity contribution is 7.98. The van der Waals surface area contributed by atoms with Crippen LogP contribution in [0.4, 0.5) is 22.0 Å². The predicted molar refractivity (Wildman–Crippen MR) is 48.5 cm³/mol. The quantitative estimate of drug-likeness (QED) is 0.458. The molecule has 7 heteroatoms. The zero-order valence-electron chi connectivity index (χ0n) is 7.86. The summed E-state index contributed by atoms with van der Waals surface area (Å²) in [4.78, 5) is 10.8. The van der Waals surface area contributed by atoms with Crippen LogP contribution in [0.15, 0.2) is 17.0 Å². The molecule has 1 aromatic carbocycles. The smallest absolute Gasteiger partial charge is 0.284 e. The number of hydrogen-bond acceptors (Lipinski definition) is 2. The largest absolute Gasteiger partial charge is 0.455 e. The van der Waals surface area contributed by atoms with Gasteiger partial charge in [-0.1, -0.05) is 0 Å². The molecule has 1 rings (SSSR count). The average Bonchev–Trinajstić information content (AvgIpc) is 2.14. The van der Waals surface area contributed by atoms with Crippen molar-refractivity contribution in [3.63, 3.8) is 0 Å². The number of carbonyl (C=O) groups is 1. The van der Waals surface area contributed by atoms with Gasteiger partial charge in [-0.05, 0) is 18.4 Å². The van der Waals surface area contributed by atoms with Gasteiger partial charge in [0.15, 0.2) is 0 Å². The molecule has 0 atom stereocenters. The van der Waals surface area contributed by atoms with Gasteiger partial charge in [-0.15, -0.1) is 11.8 Å². The Labute approximate surface area is 91.6 Å². The minimum Gasteiger partial charge on any atom is -0.284 e. The van der Waals surface area contributed by atoms with Crippen LogP contribution in [0, 0.1) is 11.6 Å². The van der Waals surface area contributed by atoms with Gasteiger partial charge >= 0.3 is 6.18 Å². The summed E-state index contributed by atoms with van der Waals surface area (Å²) in [5.41, 5.74) is -1.56.